The quantitative estimate of drug-likeness (QED) is 0.618. The minimum absolute atomic E-state index is 0.187. The Balaban J connectivity index is 2.13. The molecule has 0 N–H and O–H groups in total. The van der Waals surface area contributed by atoms with E-state index >= 15 is 0 Å². The normalized spacial score (nSPS) is 17.7. The smallest absolute Gasteiger partial charge is 0.335 e. The lowest BCUT2D eigenvalue weighted by atomic mass is 9.92. The van der Waals surface area contributed by atoms with E-state index in [0.717, 1.165) is 44.8 Å². The lowest BCUT2D eigenvalue weighted by Gasteiger charge is -2.17. The van der Waals surface area contributed by atoms with E-state index in [4.69, 9.17) is 4.74 Å². The molecule has 118 valence electrons. The van der Waals surface area contributed by atoms with Crippen LogP contribution in [0, 0.1) is 0 Å². The number of carbonyl (C=O) groups is 1. The second-order valence-electron chi connectivity index (χ2n) is 5.80. The standard InChI is InChI=1S/C20H19BrO2/c1-3-7-17-18(12-13(2)21)19(23-20(17)22)16-11-6-9-14-8-4-5-10-15(14)16/h4-6,8-11,19H,2-3,7,12H2,1H3. The Morgan fingerprint density at radius 1 is 1.22 bits per heavy atom. The molecule has 2 aromatic carbocycles. The summed E-state index contributed by atoms with van der Waals surface area (Å²) in [5, 5.41) is 2.28. The van der Waals surface area contributed by atoms with Crippen LogP contribution >= 0.6 is 15.9 Å². The first-order valence-corrected chi connectivity index (χ1v) is 8.65. The van der Waals surface area contributed by atoms with Gasteiger partial charge in [-0.2, -0.15) is 0 Å². The topological polar surface area (TPSA) is 26.3 Å². The summed E-state index contributed by atoms with van der Waals surface area (Å²) in [7, 11) is 0. The molecule has 0 amide bonds. The molecule has 1 heterocycles. The van der Waals surface area contributed by atoms with Crippen LogP contribution in [-0.4, -0.2) is 5.97 Å². The zero-order valence-electron chi connectivity index (χ0n) is 13.1. The van der Waals surface area contributed by atoms with E-state index in [9.17, 15) is 4.79 Å². The largest absolute Gasteiger partial charge is 0.449 e. The maximum atomic E-state index is 12.4. The molecule has 0 spiro atoms. The van der Waals surface area contributed by atoms with Crippen molar-refractivity contribution in [3.63, 3.8) is 0 Å². The van der Waals surface area contributed by atoms with Crippen LogP contribution in [0.1, 0.15) is 37.9 Å². The molecule has 1 unspecified atom stereocenters. The molecular formula is C20H19BrO2. The molecule has 23 heavy (non-hydrogen) atoms. The van der Waals surface area contributed by atoms with E-state index < -0.39 is 0 Å². The Bertz CT molecular complexity index is 799. The van der Waals surface area contributed by atoms with Crippen LogP contribution in [0.2, 0.25) is 0 Å². The molecule has 1 aliphatic heterocycles. The Kier molecular flexibility index (Phi) is 4.67. The van der Waals surface area contributed by atoms with Crippen LogP contribution in [0.4, 0.5) is 0 Å². The predicted molar refractivity (Wildman–Crippen MR) is 97.4 cm³/mol. The van der Waals surface area contributed by atoms with Crippen molar-refractivity contribution in [2.24, 2.45) is 0 Å². The summed E-state index contributed by atoms with van der Waals surface area (Å²) >= 11 is 3.44. The van der Waals surface area contributed by atoms with E-state index in [0.29, 0.717) is 6.42 Å². The fourth-order valence-corrected chi connectivity index (χ4v) is 3.49. The average Bonchev–Trinajstić information content (AvgIpc) is 2.83. The van der Waals surface area contributed by atoms with Gasteiger partial charge in [0.2, 0.25) is 0 Å². The van der Waals surface area contributed by atoms with Gasteiger partial charge in [0.05, 0.1) is 0 Å². The van der Waals surface area contributed by atoms with Gasteiger partial charge in [0.15, 0.2) is 6.10 Å². The highest BCUT2D eigenvalue weighted by Crippen LogP contribution is 2.42. The van der Waals surface area contributed by atoms with Gasteiger partial charge in [0, 0.05) is 17.6 Å². The van der Waals surface area contributed by atoms with Crippen LogP contribution in [0.5, 0.6) is 0 Å². The lowest BCUT2D eigenvalue weighted by Crippen LogP contribution is -2.04. The molecular weight excluding hydrogens is 352 g/mol. The Morgan fingerprint density at radius 3 is 2.70 bits per heavy atom. The molecule has 2 aromatic rings. The fraction of sp³-hybridized carbons (Fsp3) is 0.250. The van der Waals surface area contributed by atoms with E-state index in [1.807, 2.05) is 24.3 Å². The van der Waals surface area contributed by atoms with Crippen LogP contribution in [0.15, 0.2) is 64.7 Å². The third-order valence-electron chi connectivity index (χ3n) is 4.16. The number of hydrogen-bond acceptors (Lipinski definition) is 2. The summed E-state index contributed by atoms with van der Waals surface area (Å²) in [5.74, 6) is -0.187. The van der Waals surface area contributed by atoms with Crippen molar-refractivity contribution >= 4 is 32.7 Å². The molecule has 0 radical (unpaired) electrons. The van der Waals surface area contributed by atoms with E-state index in [-0.39, 0.29) is 12.1 Å². The van der Waals surface area contributed by atoms with Crippen molar-refractivity contribution in [2.75, 3.05) is 0 Å². The minimum Gasteiger partial charge on any atom is -0.449 e. The van der Waals surface area contributed by atoms with Crippen molar-refractivity contribution in [1.29, 1.82) is 0 Å². The van der Waals surface area contributed by atoms with Gasteiger partial charge in [-0.15, -0.1) is 0 Å². The number of hydrogen-bond donors (Lipinski definition) is 0. The van der Waals surface area contributed by atoms with Crippen LogP contribution in [-0.2, 0) is 9.53 Å². The van der Waals surface area contributed by atoms with Crippen molar-refractivity contribution in [2.45, 2.75) is 32.3 Å². The van der Waals surface area contributed by atoms with Crippen LogP contribution in [0.25, 0.3) is 10.8 Å². The first kappa shape index (κ1) is 16.0. The summed E-state index contributed by atoms with van der Waals surface area (Å²) in [6, 6.07) is 14.3. The van der Waals surface area contributed by atoms with Gasteiger partial charge in [-0.1, -0.05) is 78.3 Å². The number of ether oxygens (including phenoxy) is 1. The molecule has 0 aromatic heterocycles. The Labute approximate surface area is 145 Å². The zero-order valence-corrected chi connectivity index (χ0v) is 14.7. The molecule has 1 atom stereocenters. The highest BCUT2D eigenvalue weighted by atomic mass is 79.9. The highest BCUT2D eigenvalue weighted by Gasteiger charge is 2.34. The molecule has 2 nitrogen and oxygen atoms in total. The number of carbonyl (C=O) groups excluding carboxylic acids is 1. The SMILES string of the molecule is C=C(Br)CC1=C(CCC)C(=O)OC1c1cccc2ccccc12. The number of esters is 1. The number of cyclic esters (lactones) is 1. The molecule has 3 heteroatoms. The van der Waals surface area contributed by atoms with Gasteiger partial charge in [0.25, 0.3) is 0 Å². The van der Waals surface area contributed by atoms with Crippen molar-refractivity contribution in [3.8, 4) is 0 Å². The summed E-state index contributed by atoms with van der Waals surface area (Å²) in [6.07, 6.45) is 1.99. The van der Waals surface area contributed by atoms with Gasteiger partial charge in [-0.25, -0.2) is 4.79 Å². The lowest BCUT2D eigenvalue weighted by molar-refractivity contribution is -0.140. The maximum Gasteiger partial charge on any atom is 0.335 e. The number of benzene rings is 2. The average molecular weight is 371 g/mol. The molecule has 0 aliphatic carbocycles. The van der Waals surface area contributed by atoms with Gasteiger partial charge < -0.3 is 4.74 Å². The van der Waals surface area contributed by atoms with E-state index in [2.05, 4.69) is 47.6 Å². The van der Waals surface area contributed by atoms with E-state index in [1.165, 1.54) is 0 Å². The summed E-state index contributed by atoms with van der Waals surface area (Å²) in [6.45, 7) is 6.02. The van der Waals surface area contributed by atoms with Crippen molar-refractivity contribution < 1.29 is 9.53 Å². The van der Waals surface area contributed by atoms with E-state index in [1.54, 1.807) is 0 Å². The second-order valence-corrected chi connectivity index (χ2v) is 6.92. The third kappa shape index (κ3) is 3.11. The van der Waals surface area contributed by atoms with Crippen molar-refractivity contribution in [1.82, 2.24) is 0 Å². The Morgan fingerprint density at radius 2 is 1.96 bits per heavy atom. The summed E-state index contributed by atoms with van der Waals surface area (Å²) < 4.78 is 6.62. The summed E-state index contributed by atoms with van der Waals surface area (Å²) in [5.41, 5.74) is 2.90. The molecule has 1 aliphatic rings. The first-order chi connectivity index (χ1) is 11.1. The zero-order chi connectivity index (χ0) is 16.4. The molecule has 0 fully saturated rings. The molecule has 0 saturated heterocycles. The Hall–Kier alpha value is -1.87. The molecule has 0 bridgehead atoms. The summed E-state index contributed by atoms with van der Waals surface area (Å²) in [4.78, 5) is 12.4. The minimum atomic E-state index is -0.315. The van der Waals surface area contributed by atoms with Gasteiger partial charge in [0.1, 0.15) is 0 Å². The molecule has 0 saturated carbocycles. The number of allylic oxidation sites excluding steroid dienone is 1. The number of fused-ring (bicyclic) bond motifs is 1. The number of rotatable bonds is 5. The first-order valence-electron chi connectivity index (χ1n) is 7.85. The van der Waals surface area contributed by atoms with Crippen molar-refractivity contribution in [3.05, 3.63) is 70.2 Å². The predicted octanol–water partition coefficient (Wildman–Crippen LogP) is 5.83. The second kappa shape index (κ2) is 6.71. The van der Waals surface area contributed by atoms with Gasteiger partial charge in [-0.05, 0) is 27.2 Å². The fourth-order valence-electron chi connectivity index (χ4n) is 3.19. The monoisotopic (exact) mass is 370 g/mol. The van der Waals surface area contributed by atoms with Gasteiger partial charge >= 0.3 is 5.97 Å². The third-order valence-corrected chi connectivity index (χ3v) is 4.44. The molecule has 3 rings (SSSR count). The number of halogens is 1. The van der Waals surface area contributed by atoms with Gasteiger partial charge in [-0.3, -0.25) is 0 Å². The van der Waals surface area contributed by atoms with Crippen LogP contribution < -0.4 is 0 Å². The highest BCUT2D eigenvalue weighted by molar-refractivity contribution is 9.11. The van der Waals surface area contributed by atoms with Crippen LogP contribution in [0.3, 0.4) is 0 Å². The maximum absolute atomic E-state index is 12.4.